The summed E-state index contributed by atoms with van der Waals surface area (Å²) >= 11 is 0. The van der Waals surface area contributed by atoms with Crippen molar-refractivity contribution in [3.05, 3.63) is 71.4 Å². The number of aryl methyl sites for hydroxylation is 2. The number of amides is 3. The summed E-state index contributed by atoms with van der Waals surface area (Å²) in [6.45, 7) is 3.68. The molecule has 0 saturated heterocycles. The molecule has 3 N–H and O–H groups in total. The molecule has 144 valence electrons. The predicted molar refractivity (Wildman–Crippen MR) is 100 cm³/mol. The number of hydrazine groups is 1. The molecule has 3 aromatic rings. The molecule has 2 aromatic heterocycles. The first kappa shape index (κ1) is 18.9. The van der Waals surface area contributed by atoms with Crippen molar-refractivity contribution in [1.82, 2.24) is 20.6 Å². The van der Waals surface area contributed by atoms with Gasteiger partial charge in [0, 0.05) is 16.9 Å². The molecule has 1 aromatic carbocycles. The van der Waals surface area contributed by atoms with Crippen molar-refractivity contribution >= 4 is 23.4 Å². The lowest BCUT2D eigenvalue weighted by atomic mass is 10.2. The van der Waals surface area contributed by atoms with Gasteiger partial charge in [-0.3, -0.25) is 29.9 Å². The van der Waals surface area contributed by atoms with Gasteiger partial charge < -0.3 is 9.73 Å². The fraction of sp³-hybridized carbons (Fsp3) is 0.158. The van der Waals surface area contributed by atoms with Crippen LogP contribution in [0.5, 0.6) is 0 Å². The Labute approximate surface area is 160 Å². The number of benzene rings is 1. The van der Waals surface area contributed by atoms with Gasteiger partial charge in [-0.2, -0.15) is 5.10 Å². The maximum Gasteiger partial charge on any atom is 0.291 e. The van der Waals surface area contributed by atoms with Crippen LogP contribution in [0.15, 0.2) is 53.1 Å². The minimum atomic E-state index is -0.481. The molecule has 3 amide bonds. The molecule has 0 bridgehead atoms. The Morgan fingerprint density at radius 2 is 1.79 bits per heavy atom. The van der Waals surface area contributed by atoms with E-state index in [1.54, 1.807) is 28.9 Å². The Kier molecular flexibility index (Phi) is 5.54. The predicted octanol–water partition coefficient (Wildman–Crippen LogP) is 1.81. The molecule has 0 unspecified atom stereocenters. The van der Waals surface area contributed by atoms with Crippen molar-refractivity contribution in [2.45, 2.75) is 20.4 Å². The Balaban J connectivity index is 1.51. The molecule has 0 saturated carbocycles. The third-order valence-electron chi connectivity index (χ3n) is 3.86. The van der Waals surface area contributed by atoms with E-state index in [1.165, 1.54) is 18.4 Å². The van der Waals surface area contributed by atoms with E-state index in [4.69, 9.17) is 4.42 Å². The number of carbonyl (C=O) groups is 3. The van der Waals surface area contributed by atoms with Crippen LogP contribution in [0, 0.1) is 13.8 Å². The van der Waals surface area contributed by atoms with Gasteiger partial charge >= 0.3 is 0 Å². The minimum absolute atomic E-state index is 0.00228. The maximum atomic E-state index is 12.1. The number of hydrogen-bond acceptors (Lipinski definition) is 5. The van der Waals surface area contributed by atoms with Crippen molar-refractivity contribution in [3.8, 4) is 0 Å². The first-order valence-corrected chi connectivity index (χ1v) is 8.47. The molecular weight excluding hydrogens is 362 g/mol. The Hall–Kier alpha value is -3.88. The van der Waals surface area contributed by atoms with Crippen LogP contribution in [-0.2, 0) is 11.3 Å². The van der Waals surface area contributed by atoms with Gasteiger partial charge in [0.2, 0.25) is 0 Å². The van der Waals surface area contributed by atoms with Crippen molar-refractivity contribution in [3.63, 3.8) is 0 Å². The van der Waals surface area contributed by atoms with Crippen LogP contribution in [0.3, 0.4) is 0 Å². The summed E-state index contributed by atoms with van der Waals surface area (Å²) < 4.78 is 6.56. The highest BCUT2D eigenvalue weighted by molar-refractivity contribution is 6.02. The third-order valence-corrected chi connectivity index (χ3v) is 3.86. The van der Waals surface area contributed by atoms with Crippen molar-refractivity contribution in [2.24, 2.45) is 0 Å². The second-order valence-electron chi connectivity index (χ2n) is 6.10. The molecule has 0 spiro atoms. The molecule has 9 heteroatoms. The first-order chi connectivity index (χ1) is 13.4. The number of carbonyl (C=O) groups excluding carboxylic acids is 3. The largest absolute Gasteiger partial charge is 0.459 e. The lowest BCUT2D eigenvalue weighted by molar-refractivity contribution is -0.122. The Morgan fingerprint density at radius 3 is 2.39 bits per heavy atom. The van der Waals surface area contributed by atoms with Crippen LogP contribution in [0.25, 0.3) is 0 Å². The summed E-state index contributed by atoms with van der Waals surface area (Å²) in [6, 6.07) is 11.2. The van der Waals surface area contributed by atoms with Gasteiger partial charge in [-0.25, -0.2) is 0 Å². The van der Waals surface area contributed by atoms with Gasteiger partial charge in [-0.15, -0.1) is 0 Å². The molecule has 0 aliphatic rings. The third kappa shape index (κ3) is 4.64. The number of anilines is 1. The van der Waals surface area contributed by atoms with Crippen LogP contribution in [0.1, 0.15) is 32.3 Å². The number of furan rings is 1. The fourth-order valence-electron chi connectivity index (χ4n) is 2.51. The van der Waals surface area contributed by atoms with E-state index >= 15 is 0 Å². The SMILES string of the molecule is Cc1cc(C)n(CC(=O)NNC(=O)c2ccc(NC(=O)c3ccco3)cc2)n1. The first-order valence-electron chi connectivity index (χ1n) is 8.47. The van der Waals surface area contributed by atoms with Crippen LogP contribution < -0.4 is 16.2 Å². The fourth-order valence-corrected chi connectivity index (χ4v) is 2.51. The van der Waals surface area contributed by atoms with Gasteiger partial charge in [0.05, 0.1) is 12.0 Å². The smallest absolute Gasteiger partial charge is 0.291 e. The average Bonchev–Trinajstić information content (AvgIpc) is 3.30. The summed E-state index contributed by atoms with van der Waals surface area (Å²) in [6.07, 6.45) is 1.41. The number of hydrogen-bond donors (Lipinski definition) is 3. The summed E-state index contributed by atoms with van der Waals surface area (Å²) in [5.41, 5.74) is 7.19. The average molecular weight is 381 g/mol. The van der Waals surface area contributed by atoms with Crippen LogP contribution in [0.2, 0.25) is 0 Å². The summed E-state index contributed by atoms with van der Waals surface area (Å²) in [4.78, 5) is 36.0. The van der Waals surface area contributed by atoms with E-state index in [1.807, 2.05) is 19.9 Å². The molecule has 0 fully saturated rings. The van der Waals surface area contributed by atoms with Crippen LogP contribution in [0.4, 0.5) is 5.69 Å². The molecule has 3 rings (SSSR count). The maximum absolute atomic E-state index is 12.1. The monoisotopic (exact) mass is 381 g/mol. The molecule has 2 heterocycles. The normalized spacial score (nSPS) is 10.4. The standard InChI is InChI=1S/C19H19N5O4/c1-12-10-13(2)24(23-12)11-17(25)21-22-18(26)14-5-7-15(8-6-14)20-19(27)16-4-3-9-28-16/h3-10H,11H2,1-2H3,(H,20,27)(H,21,25)(H,22,26). The second kappa shape index (κ2) is 8.21. The summed E-state index contributed by atoms with van der Waals surface area (Å²) in [5.74, 6) is -1.08. The highest BCUT2D eigenvalue weighted by Crippen LogP contribution is 2.11. The van der Waals surface area contributed by atoms with Gasteiger partial charge in [-0.1, -0.05) is 0 Å². The molecular formula is C19H19N5O4. The van der Waals surface area contributed by atoms with E-state index in [9.17, 15) is 14.4 Å². The van der Waals surface area contributed by atoms with Gasteiger partial charge in [0.15, 0.2) is 5.76 Å². The number of rotatable bonds is 5. The van der Waals surface area contributed by atoms with E-state index in [-0.39, 0.29) is 12.3 Å². The molecule has 9 nitrogen and oxygen atoms in total. The van der Waals surface area contributed by atoms with E-state index in [0.29, 0.717) is 11.3 Å². The number of aromatic nitrogens is 2. The lowest BCUT2D eigenvalue weighted by Gasteiger charge is -2.09. The van der Waals surface area contributed by atoms with E-state index in [2.05, 4.69) is 21.3 Å². The molecule has 28 heavy (non-hydrogen) atoms. The minimum Gasteiger partial charge on any atom is -0.459 e. The van der Waals surface area contributed by atoms with E-state index in [0.717, 1.165) is 11.4 Å². The molecule has 0 aliphatic carbocycles. The van der Waals surface area contributed by atoms with Gasteiger partial charge in [0.25, 0.3) is 17.7 Å². The van der Waals surface area contributed by atoms with Crippen LogP contribution in [-0.4, -0.2) is 27.5 Å². The highest BCUT2D eigenvalue weighted by atomic mass is 16.3. The highest BCUT2D eigenvalue weighted by Gasteiger charge is 2.11. The molecule has 0 radical (unpaired) electrons. The number of nitrogens with zero attached hydrogens (tertiary/aromatic N) is 2. The summed E-state index contributed by atoms with van der Waals surface area (Å²) in [7, 11) is 0. The van der Waals surface area contributed by atoms with E-state index < -0.39 is 17.7 Å². The van der Waals surface area contributed by atoms with Crippen molar-refractivity contribution < 1.29 is 18.8 Å². The lowest BCUT2D eigenvalue weighted by Crippen LogP contribution is -2.43. The second-order valence-corrected chi connectivity index (χ2v) is 6.10. The zero-order valence-electron chi connectivity index (χ0n) is 15.4. The Bertz CT molecular complexity index is 990. The Morgan fingerprint density at radius 1 is 1.04 bits per heavy atom. The van der Waals surface area contributed by atoms with Crippen LogP contribution >= 0.6 is 0 Å². The zero-order chi connectivity index (χ0) is 20.1. The van der Waals surface area contributed by atoms with Gasteiger partial charge in [-0.05, 0) is 56.3 Å². The molecule has 0 atom stereocenters. The quantitative estimate of drug-likeness (QED) is 0.583. The topological polar surface area (TPSA) is 118 Å². The van der Waals surface area contributed by atoms with Gasteiger partial charge in [0.1, 0.15) is 6.54 Å². The van der Waals surface area contributed by atoms with Crippen molar-refractivity contribution in [1.29, 1.82) is 0 Å². The van der Waals surface area contributed by atoms with Crippen molar-refractivity contribution in [2.75, 3.05) is 5.32 Å². The zero-order valence-corrected chi connectivity index (χ0v) is 15.4. The molecule has 0 aliphatic heterocycles. The number of nitrogens with one attached hydrogen (secondary N) is 3. The summed E-state index contributed by atoms with van der Waals surface area (Å²) in [5, 5.41) is 6.84.